The number of unbranched alkanes of at least 4 members (excludes halogenated alkanes) is 23. The van der Waals surface area contributed by atoms with Gasteiger partial charge in [-0.15, -0.1) is 0 Å². The molecule has 12 nitrogen and oxygen atoms in total. The van der Waals surface area contributed by atoms with E-state index in [-0.39, 0.29) is 74.7 Å². The van der Waals surface area contributed by atoms with E-state index >= 15 is 0 Å². The van der Waals surface area contributed by atoms with Crippen LogP contribution < -0.4 is 0 Å². The third-order valence-electron chi connectivity index (χ3n) is 14.1. The molecule has 0 bridgehead atoms. The fraction of sp³-hybridized carbons (Fsp3) is 0.918. The van der Waals surface area contributed by atoms with Crippen molar-refractivity contribution in [2.24, 2.45) is 5.92 Å². The van der Waals surface area contributed by atoms with Gasteiger partial charge in [0.1, 0.15) is 12.2 Å². The number of carbonyl (C=O) groups is 5. The first-order valence-electron chi connectivity index (χ1n) is 30.8. The van der Waals surface area contributed by atoms with Gasteiger partial charge in [0.05, 0.1) is 19.8 Å². The van der Waals surface area contributed by atoms with Gasteiger partial charge in [0.15, 0.2) is 0 Å². The van der Waals surface area contributed by atoms with E-state index in [1.807, 2.05) is 16.8 Å². The number of amides is 1. The number of ether oxygens (including phenoxy) is 4. The van der Waals surface area contributed by atoms with Gasteiger partial charge in [0.2, 0.25) is 5.91 Å². The molecular formula is C61H116N2O10. The van der Waals surface area contributed by atoms with Crippen LogP contribution in [0.25, 0.3) is 0 Å². The van der Waals surface area contributed by atoms with Crippen molar-refractivity contribution in [1.29, 1.82) is 0 Å². The first-order chi connectivity index (χ1) is 35.5. The molecule has 0 aliphatic heterocycles. The summed E-state index contributed by atoms with van der Waals surface area (Å²) in [5.41, 5.74) is 0. The van der Waals surface area contributed by atoms with Crippen LogP contribution in [0.3, 0.4) is 0 Å². The molecule has 12 heteroatoms. The monoisotopic (exact) mass is 1040 g/mol. The van der Waals surface area contributed by atoms with E-state index in [4.69, 9.17) is 18.9 Å². The molecule has 1 amide bonds. The number of carbonyl (C=O) groups excluding carboxylic acids is 5. The van der Waals surface area contributed by atoms with Gasteiger partial charge < -0.3 is 33.9 Å². The Balaban J connectivity index is 5.33. The summed E-state index contributed by atoms with van der Waals surface area (Å²) in [4.78, 5) is 69.4. The number of hydrogen-bond acceptors (Lipinski definition) is 11. The highest BCUT2D eigenvalue weighted by Gasteiger charge is 2.23. The van der Waals surface area contributed by atoms with Gasteiger partial charge in [0.25, 0.3) is 0 Å². The summed E-state index contributed by atoms with van der Waals surface area (Å²) >= 11 is 0. The molecule has 0 radical (unpaired) electrons. The van der Waals surface area contributed by atoms with Crippen LogP contribution in [0.1, 0.15) is 291 Å². The Labute approximate surface area is 448 Å². The molecule has 0 aliphatic carbocycles. The van der Waals surface area contributed by atoms with E-state index < -0.39 is 5.92 Å². The second-order valence-electron chi connectivity index (χ2n) is 21.4. The third kappa shape index (κ3) is 46.3. The van der Waals surface area contributed by atoms with Crippen LogP contribution in [0.4, 0.5) is 0 Å². The molecule has 0 heterocycles. The molecule has 0 spiro atoms. The van der Waals surface area contributed by atoms with Crippen molar-refractivity contribution in [3.8, 4) is 0 Å². The zero-order valence-electron chi connectivity index (χ0n) is 48.5. The molecule has 0 unspecified atom stereocenters. The first kappa shape index (κ1) is 70.3. The summed E-state index contributed by atoms with van der Waals surface area (Å²) in [6.07, 6.45) is 37.5. The normalized spacial score (nSPS) is 11.5. The number of aliphatic hydroxyl groups is 1. The van der Waals surface area contributed by atoms with E-state index in [0.717, 1.165) is 122 Å². The van der Waals surface area contributed by atoms with Crippen molar-refractivity contribution in [2.75, 3.05) is 53.0 Å². The standard InChI is InChI=1S/C61H116N2O10/c1-7-12-17-22-23-32-42-57(65)63(48-37-47-62(6)49-50-64)51-54(52-70-58(66)43-33-24-26-35-45-60(68)72-55(38-28-18-13-8-2)39-29-19-14-9-3)53-71-59(67)44-34-25-27-36-46-61(69)73-56(40-30-20-15-10-4)41-31-21-16-11-5/h54-56,64H,7-53H2,1-6H3. The highest BCUT2D eigenvalue weighted by atomic mass is 16.6. The Morgan fingerprint density at radius 1 is 0.384 bits per heavy atom. The van der Waals surface area contributed by atoms with Crippen LogP contribution in [-0.2, 0) is 42.9 Å². The molecule has 1 N–H and O–H groups in total. The Kier molecular flexibility index (Phi) is 50.7. The van der Waals surface area contributed by atoms with Crippen molar-refractivity contribution in [1.82, 2.24) is 9.80 Å². The summed E-state index contributed by atoms with van der Waals surface area (Å²) in [6, 6.07) is 0. The average Bonchev–Trinajstić information content (AvgIpc) is 3.37. The van der Waals surface area contributed by atoms with E-state index in [2.05, 4.69) is 34.6 Å². The summed E-state index contributed by atoms with van der Waals surface area (Å²) in [6.45, 7) is 13.3. The molecular weight excluding hydrogens is 921 g/mol. The highest BCUT2D eigenvalue weighted by Crippen LogP contribution is 2.20. The molecule has 0 atom stereocenters. The summed E-state index contributed by atoms with van der Waals surface area (Å²) < 4.78 is 23.5. The molecule has 430 valence electrons. The van der Waals surface area contributed by atoms with Crippen molar-refractivity contribution in [2.45, 2.75) is 304 Å². The molecule has 0 aromatic heterocycles. The molecule has 0 rings (SSSR count). The summed E-state index contributed by atoms with van der Waals surface area (Å²) in [7, 11) is 1.95. The summed E-state index contributed by atoms with van der Waals surface area (Å²) in [5, 5.41) is 9.42. The quantitative estimate of drug-likeness (QED) is 0.0352. The third-order valence-corrected chi connectivity index (χ3v) is 14.1. The second kappa shape index (κ2) is 52.7. The van der Waals surface area contributed by atoms with Crippen molar-refractivity contribution in [3.05, 3.63) is 0 Å². The summed E-state index contributed by atoms with van der Waals surface area (Å²) in [5.74, 6) is -1.20. The molecule has 73 heavy (non-hydrogen) atoms. The largest absolute Gasteiger partial charge is 0.465 e. The van der Waals surface area contributed by atoms with Gasteiger partial charge >= 0.3 is 23.9 Å². The van der Waals surface area contributed by atoms with Gasteiger partial charge in [-0.2, -0.15) is 0 Å². The number of rotatable bonds is 55. The smallest absolute Gasteiger partial charge is 0.306 e. The van der Waals surface area contributed by atoms with E-state index in [0.29, 0.717) is 51.7 Å². The first-order valence-corrected chi connectivity index (χ1v) is 30.8. The lowest BCUT2D eigenvalue weighted by Gasteiger charge is -2.28. The van der Waals surface area contributed by atoms with Gasteiger partial charge in [-0.05, 0) is 103 Å². The van der Waals surface area contributed by atoms with Crippen LogP contribution in [-0.4, -0.2) is 110 Å². The van der Waals surface area contributed by atoms with Crippen LogP contribution in [0, 0.1) is 5.92 Å². The van der Waals surface area contributed by atoms with E-state index in [1.165, 1.54) is 96.3 Å². The van der Waals surface area contributed by atoms with Gasteiger partial charge in [-0.1, -0.05) is 169 Å². The van der Waals surface area contributed by atoms with Crippen molar-refractivity contribution in [3.63, 3.8) is 0 Å². The van der Waals surface area contributed by atoms with Gasteiger partial charge in [-0.3, -0.25) is 24.0 Å². The number of aliphatic hydroxyl groups excluding tert-OH is 1. The fourth-order valence-corrected chi connectivity index (χ4v) is 9.37. The van der Waals surface area contributed by atoms with Gasteiger partial charge in [0, 0.05) is 57.7 Å². The Morgan fingerprint density at radius 2 is 0.712 bits per heavy atom. The number of likely N-dealkylation sites (N-methyl/N-ethyl adjacent to an activating group) is 1. The molecule has 0 aromatic rings. The molecule has 0 aliphatic rings. The minimum absolute atomic E-state index is 0.0140. The SMILES string of the molecule is CCCCCCCCC(=O)N(CCCN(C)CCO)CC(COC(=O)CCCCCCC(=O)OC(CCCCCC)CCCCCC)COC(=O)CCCCCCC(=O)OC(CCCCCC)CCCCCC. The lowest BCUT2D eigenvalue weighted by Crippen LogP contribution is -2.40. The topological polar surface area (TPSA) is 149 Å². The predicted octanol–water partition coefficient (Wildman–Crippen LogP) is 15.0. The number of hydrogen-bond donors (Lipinski definition) is 1. The molecule has 0 saturated heterocycles. The average molecular weight is 1040 g/mol. The maximum Gasteiger partial charge on any atom is 0.306 e. The Bertz CT molecular complexity index is 1210. The minimum atomic E-state index is -0.391. The predicted molar refractivity (Wildman–Crippen MR) is 299 cm³/mol. The molecule has 0 saturated carbocycles. The number of esters is 4. The second-order valence-corrected chi connectivity index (χ2v) is 21.4. The lowest BCUT2D eigenvalue weighted by molar-refractivity contribution is -0.151. The van der Waals surface area contributed by atoms with Crippen LogP contribution >= 0.6 is 0 Å². The molecule has 0 fully saturated rings. The fourth-order valence-electron chi connectivity index (χ4n) is 9.37. The maximum atomic E-state index is 13.7. The Morgan fingerprint density at radius 3 is 1.08 bits per heavy atom. The van der Waals surface area contributed by atoms with Gasteiger partial charge in [-0.25, -0.2) is 0 Å². The van der Waals surface area contributed by atoms with Crippen molar-refractivity contribution >= 4 is 29.8 Å². The van der Waals surface area contributed by atoms with Crippen LogP contribution in [0.5, 0.6) is 0 Å². The zero-order valence-corrected chi connectivity index (χ0v) is 48.5. The zero-order chi connectivity index (χ0) is 53.8. The lowest BCUT2D eigenvalue weighted by atomic mass is 10.0. The van der Waals surface area contributed by atoms with Crippen molar-refractivity contribution < 1.29 is 48.0 Å². The highest BCUT2D eigenvalue weighted by molar-refractivity contribution is 5.76. The molecule has 0 aromatic carbocycles. The van der Waals surface area contributed by atoms with E-state index in [1.54, 1.807) is 0 Å². The van der Waals surface area contributed by atoms with E-state index in [9.17, 15) is 29.1 Å². The number of nitrogens with zero attached hydrogens (tertiary/aromatic N) is 2. The minimum Gasteiger partial charge on any atom is -0.465 e. The Hall–Kier alpha value is -2.73. The van der Waals surface area contributed by atoms with Crippen LogP contribution in [0.15, 0.2) is 0 Å². The maximum absolute atomic E-state index is 13.7. The van der Waals surface area contributed by atoms with Crippen LogP contribution in [0.2, 0.25) is 0 Å².